The summed E-state index contributed by atoms with van der Waals surface area (Å²) < 4.78 is 18.5. The van der Waals surface area contributed by atoms with E-state index in [2.05, 4.69) is 4.98 Å². The largest absolute Gasteiger partial charge is 0.487 e. The number of nitrogens with zero attached hydrogens (tertiary/aromatic N) is 1. The highest BCUT2D eigenvalue weighted by Gasteiger charge is 2.04. The van der Waals surface area contributed by atoms with Crippen LogP contribution in [0.3, 0.4) is 0 Å². The van der Waals surface area contributed by atoms with Gasteiger partial charge in [-0.15, -0.1) is 11.3 Å². The normalized spacial score (nSPS) is 10.4. The van der Waals surface area contributed by atoms with Crippen LogP contribution in [-0.2, 0) is 13.2 Å². The van der Waals surface area contributed by atoms with Crippen LogP contribution in [0.2, 0.25) is 0 Å². The van der Waals surface area contributed by atoms with Crippen molar-refractivity contribution in [2.75, 3.05) is 0 Å². The Labute approximate surface area is 96.7 Å². The van der Waals surface area contributed by atoms with Crippen molar-refractivity contribution in [3.63, 3.8) is 0 Å². The molecule has 0 saturated carbocycles. The molecular formula is C11H11FN2OS. The summed E-state index contributed by atoms with van der Waals surface area (Å²) >= 11 is 1.51. The van der Waals surface area contributed by atoms with E-state index in [4.69, 9.17) is 10.5 Å². The lowest BCUT2D eigenvalue weighted by atomic mass is 10.2. The number of ether oxygens (including phenoxy) is 1. The quantitative estimate of drug-likeness (QED) is 0.889. The van der Waals surface area contributed by atoms with Crippen LogP contribution in [0, 0.1) is 5.82 Å². The minimum absolute atomic E-state index is 0.254. The van der Waals surface area contributed by atoms with Crippen LogP contribution in [0.5, 0.6) is 5.75 Å². The number of hydrogen-bond donors (Lipinski definition) is 1. The third-order valence-electron chi connectivity index (χ3n) is 2.10. The Morgan fingerprint density at radius 3 is 3.00 bits per heavy atom. The molecule has 0 aliphatic rings. The first-order valence-corrected chi connectivity index (χ1v) is 5.72. The number of hydrogen-bond acceptors (Lipinski definition) is 4. The second kappa shape index (κ2) is 5.05. The van der Waals surface area contributed by atoms with E-state index in [-0.39, 0.29) is 12.4 Å². The van der Waals surface area contributed by atoms with Crippen molar-refractivity contribution in [1.82, 2.24) is 4.98 Å². The van der Waals surface area contributed by atoms with Gasteiger partial charge in [-0.2, -0.15) is 0 Å². The molecule has 0 radical (unpaired) electrons. The first-order chi connectivity index (χ1) is 7.79. The van der Waals surface area contributed by atoms with E-state index in [1.807, 2.05) is 5.38 Å². The Hall–Kier alpha value is -1.46. The predicted molar refractivity (Wildman–Crippen MR) is 60.7 cm³/mol. The maximum Gasteiger partial charge on any atom is 0.131 e. The molecule has 0 bridgehead atoms. The number of halogens is 1. The highest BCUT2D eigenvalue weighted by atomic mass is 32.1. The molecule has 0 aliphatic carbocycles. The average molecular weight is 238 g/mol. The molecule has 0 spiro atoms. The van der Waals surface area contributed by atoms with Crippen LogP contribution in [0.1, 0.15) is 11.3 Å². The maximum absolute atomic E-state index is 12.9. The van der Waals surface area contributed by atoms with Crippen LogP contribution in [0.4, 0.5) is 4.39 Å². The third kappa shape index (κ3) is 2.56. The smallest absolute Gasteiger partial charge is 0.131 e. The van der Waals surface area contributed by atoms with E-state index >= 15 is 0 Å². The van der Waals surface area contributed by atoms with Gasteiger partial charge in [0.1, 0.15) is 18.2 Å². The van der Waals surface area contributed by atoms with Gasteiger partial charge >= 0.3 is 0 Å². The molecular weight excluding hydrogens is 227 g/mol. The van der Waals surface area contributed by atoms with Gasteiger partial charge in [-0.3, -0.25) is 0 Å². The van der Waals surface area contributed by atoms with E-state index in [1.165, 1.54) is 23.5 Å². The highest BCUT2D eigenvalue weighted by molar-refractivity contribution is 7.07. The molecule has 2 aromatic rings. The summed E-state index contributed by atoms with van der Waals surface area (Å²) in [6.07, 6.45) is 0. The van der Waals surface area contributed by atoms with Crippen molar-refractivity contribution in [3.05, 3.63) is 46.2 Å². The molecule has 1 aromatic carbocycles. The standard InChI is InChI=1S/C11H11FN2OS/c12-9-1-2-11(8(3-9)4-13)15-5-10-6-16-7-14-10/h1-3,6-7H,4-5,13H2. The summed E-state index contributed by atoms with van der Waals surface area (Å²) in [6, 6.07) is 4.33. The van der Waals surface area contributed by atoms with E-state index in [0.717, 1.165) is 5.69 Å². The topological polar surface area (TPSA) is 48.1 Å². The van der Waals surface area contributed by atoms with Gasteiger partial charge in [-0.1, -0.05) is 0 Å². The predicted octanol–water partition coefficient (Wildman–Crippen LogP) is 2.32. The molecule has 5 heteroatoms. The summed E-state index contributed by atoms with van der Waals surface area (Å²) in [5.74, 6) is 0.304. The van der Waals surface area contributed by atoms with Crippen molar-refractivity contribution in [2.45, 2.75) is 13.2 Å². The Balaban J connectivity index is 2.09. The molecule has 0 fully saturated rings. The van der Waals surface area contributed by atoms with Gasteiger partial charge in [0.05, 0.1) is 11.2 Å². The van der Waals surface area contributed by atoms with Crippen LogP contribution in [0.25, 0.3) is 0 Å². The molecule has 0 saturated heterocycles. The molecule has 1 heterocycles. The molecule has 16 heavy (non-hydrogen) atoms. The van der Waals surface area contributed by atoms with Crippen LogP contribution < -0.4 is 10.5 Å². The van der Waals surface area contributed by atoms with E-state index < -0.39 is 0 Å². The van der Waals surface area contributed by atoms with E-state index in [0.29, 0.717) is 17.9 Å². The van der Waals surface area contributed by atoms with E-state index in [1.54, 1.807) is 11.6 Å². The molecule has 0 unspecified atom stereocenters. The molecule has 0 atom stereocenters. The molecule has 84 valence electrons. The van der Waals surface area contributed by atoms with Crippen LogP contribution >= 0.6 is 11.3 Å². The fraction of sp³-hybridized carbons (Fsp3) is 0.182. The zero-order chi connectivity index (χ0) is 11.4. The fourth-order valence-electron chi connectivity index (χ4n) is 1.31. The van der Waals surface area contributed by atoms with Gasteiger partial charge < -0.3 is 10.5 Å². The summed E-state index contributed by atoms with van der Waals surface area (Å²) in [7, 11) is 0. The monoisotopic (exact) mass is 238 g/mol. The lowest BCUT2D eigenvalue weighted by molar-refractivity contribution is 0.298. The minimum Gasteiger partial charge on any atom is -0.487 e. The molecule has 3 nitrogen and oxygen atoms in total. The Morgan fingerprint density at radius 2 is 2.31 bits per heavy atom. The van der Waals surface area contributed by atoms with E-state index in [9.17, 15) is 4.39 Å². The molecule has 2 rings (SSSR count). The fourth-order valence-corrected chi connectivity index (χ4v) is 1.85. The lowest BCUT2D eigenvalue weighted by Gasteiger charge is -2.09. The second-order valence-electron chi connectivity index (χ2n) is 3.22. The second-order valence-corrected chi connectivity index (χ2v) is 3.94. The summed E-state index contributed by atoms with van der Waals surface area (Å²) in [6.45, 7) is 0.631. The van der Waals surface area contributed by atoms with Crippen LogP contribution in [0.15, 0.2) is 29.1 Å². The number of rotatable bonds is 4. The van der Waals surface area contributed by atoms with Crippen molar-refractivity contribution >= 4 is 11.3 Å². The molecule has 1 aromatic heterocycles. The Bertz CT molecular complexity index is 459. The number of benzene rings is 1. The van der Waals surface area contributed by atoms with Gasteiger partial charge in [0.2, 0.25) is 0 Å². The number of nitrogens with two attached hydrogens (primary N) is 1. The number of aromatic nitrogens is 1. The van der Waals surface area contributed by atoms with Gasteiger partial charge in [0.15, 0.2) is 0 Å². The average Bonchev–Trinajstić information content (AvgIpc) is 2.80. The molecule has 0 amide bonds. The zero-order valence-electron chi connectivity index (χ0n) is 8.52. The molecule has 2 N–H and O–H groups in total. The third-order valence-corrected chi connectivity index (χ3v) is 2.74. The first kappa shape index (κ1) is 11.0. The van der Waals surface area contributed by atoms with Gasteiger partial charge in [0, 0.05) is 17.5 Å². The van der Waals surface area contributed by atoms with Gasteiger partial charge in [-0.05, 0) is 18.2 Å². The first-order valence-electron chi connectivity index (χ1n) is 4.78. The molecule has 0 aliphatic heterocycles. The van der Waals surface area contributed by atoms with Crippen molar-refractivity contribution < 1.29 is 9.13 Å². The van der Waals surface area contributed by atoms with Crippen molar-refractivity contribution in [2.24, 2.45) is 5.73 Å². The zero-order valence-corrected chi connectivity index (χ0v) is 9.34. The maximum atomic E-state index is 12.9. The summed E-state index contributed by atoms with van der Waals surface area (Å²) in [4.78, 5) is 4.09. The van der Waals surface area contributed by atoms with Crippen molar-refractivity contribution in [1.29, 1.82) is 0 Å². The lowest BCUT2D eigenvalue weighted by Crippen LogP contribution is -2.03. The van der Waals surface area contributed by atoms with Crippen molar-refractivity contribution in [3.8, 4) is 5.75 Å². The Morgan fingerprint density at radius 1 is 1.44 bits per heavy atom. The summed E-state index contributed by atoms with van der Waals surface area (Å²) in [5.41, 5.74) is 8.77. The van der Waals surface area contributed by atoms with Gasteiger partial charge in [-0.25, -0.2) is 9.37 Å². The number of thiazole rings is 1. The van der Waals surface area contributed by atoms with Gasteiger partial charge in [0.25, 0.3) is 0 Å². The van der Waals surface area contributed by atoms with Crippen LogP contribution in [-0.4, -0.2) is 4.98 Å². The SMILES string of the molecule is NCc1cc(F)ccc1OCc1cscn1. The highest BCUT2D eigenvalue weighted by Crippen LogP contribution is 2.20. The Kier molecular flexibility index (Phi) is 3.48. The minimum atomic E-state index is -0.304. The summed E-state index contributed by atoms with van der Waals surface area (Å²) in [5, 5.41) is 1.91.